The Balaban J connectivity index is 3.26. The van der Waals surface area contributed by atoms with E-state index in [1.807, 2.05) is 0 Å². The molecule has 0 amide bonds. The van der Waals surface area contributed by atoms with E-state index in [0.29, 0.717) is 10.5 Å². The predicted octanol–water partition coefficient (Wildman–Crippen LogP) is 2.75. The zero-order chi connectivity index (χ0) is 13.9. The third kappa shape index (κ3) is 3.27. The highest BCUT2D eigenvalue weighted by Crippen LogP contribution is 2.28. The average molecular weight is 319 g/mol. The first-order valence-corrected chi connectivity index (χ1v) is 5.40. The van der Waals surface area contributed by atoms with Crippen LogP contribution in [0.1, 0.15) is 10.4 Å². The molecule has 0 fully saturated rings. The standard InChI is InChI=1S/C10H8BrFN2O4/c1-5(11)4-13-8-2-6(10(15)16)7(12)3-9(8)14(17)18/h2-3,13H,1,4H2,(H,15,16). The zero-order valence-electron chi connectivity index (χ0n) is 8.94. The van der Waals surface area contributed by atoms with Crippen LogP contribution in [0.4, 0.5) is 15.8 Å². The van der Waals surface area contributed by atoms with E-state index in [2.05, 4.69) is 27.8 Å². The van der Waals surface area contributed by atoms with Crippen LogP contribution in [-0.2, 0) is 0 Å². The van der Waals surface area contributed by atoms with Gasteiger partial charge in [0.2, 0.25) is 0 Å². The van der Waals surface area contributed by atoms with Crippen molar-refractivity contribution in [2.75, 3.05) is 11.9 Å². The van der Waals surface area contributed by atoms with Crippen LogP contribution in [-0.4, -0.2) is 22.5 Å². The fraction of sp³-hybridized carbons (Fsp3) is 0.100. The van der Waals surface area contributed by atoms with Gasteiger partial charge in [0, 0.05) is 11.0 Å². The Hall–Kier alpha value is -1.96. The van der Waals surface area contributed by atoms with Gasteiger partial charge in [-0.2, -0.15) is 0 Å². The van der Waals surface area contributed by atoms with Crippen LogP contribution in [0.5, 0.6) is 0 Å². The topological polar surface area (TPSA) is 92.5 Å². The lowest BCUT2D eigenvalue weighted by molar-refractivity contribution is -0.384. The second-order valence-corrected chi connectivity index (χ2v) is 4.40. The molecular weight excluding hydrogens is 311 g/mol. The molecule has 0 aliphatic rings. The lowest BCUT2D eigenvalue weighted by Crippen LogP contribution is -2.08. The van der Waals surface area contributed by atoms with Gasteiger partial charge in [-0.05, 0) is 6.07 Å². The molecule has 8 heteroatoms. The van der Waals surface area contributed by atoms with E-state index in [1.54, 1.807) is 0 Å². The van der Waals surface area contributed by atoms with Gasteiger partial charge in [0.1, 0.15) is 11.5 Å². The third-order valence-electron chi connectivity index (χ3n) is 1.98. The number of hydrogen-bond acceptors (Lipinski definition) is 4. The molecule has 0 unspecified atom stereocenters. The number of nitrogens with one attached hydrogen (secondary N) is 1. The molecule has 0 bridgehead atoms. The molecule has 2 N–H and O–H groups in total. The third-order valence-corrected chi connectivity index (χ3v) is 2.26. The van der Waals surface area contributed by atoms with Crippen LogP contribution in [0.2, 0.25) is 0 Å². The first-order valence-electron chi connectivity index (χ1n) is 4.61. The minimum atomic E-state index is -1.50. The number of rotatable bonds is 5. The summed E-state index contributed by atoms with van der Waals surface area (Å²) in [6.45, 7) is 3.66. The first-order chi connectivity index (χ1) is 8.32. The largest absolute Gasteiger partial charge is 0.478 e. The number of halogens is 2. The van der Waals surface area contributed by atoms with Gasteiger partial charge in [0.15, 0.2) is 0 Å². The van der Waals surface area contributed by atoms with Crippen molar-refractivity contribution in [3.63, 3.8) is 0 Å². The highest BCUT2D eigenvalue weighted by Gasteiger charge is 2.21. The molecule has 96 valence electrons. The Morgan fingerprint density at radius 3 is 2.67 bits per heavy atom. The number of carboxylic acids is 1. The highest BCUT2D eigenvalue weighted by molar-refractivity contribution is 9.11. The fourth-order valence-electron chi connectivity index (χ4n) is 1.21. The summed E-state index contributed by atoms with van der Waals surface area (Å²) in [4.78, 5) is 20.6. The first kappa shape index (κ1) is 14.1. The molecule has 1 rings (SSSR count). The van der Waals surface area contributed by atoms with Gasteiger partial charge in [-0.3, -0.25) is 10.1 Å². The molecule has 1 aromatic carbocycles. The average Bonchev–Trinajstić information content (AvgIpc) is 2.26. The maximum atomic E-state index is 13.3. The van der Waals surface area contributed by atoms with Gasteiger partial charge < -0.3 is 10.4 Å². The molecule has 0 saturated heterocycles. The zero-order valence-corrected chi connectivity index (χ0v) is 10.5. The maximum Gasteiger partial charge on any atom is 0.338 e. The van der Waals surface area contributed by atoms with E-state index in [0.717, 1.165) is 6.07 Å². The number of benzene rings is 1. The van der Waals surface area contributed by atoms with Gasteiger partial charge in [0.25, 0.3) is 5.69 Å². The Morgan fingerprint density at radius 2 is 2.22 bits per heavy atom. The van der Waals surface area contributed by atoms with Gasteiger partial charge in [-0.15, -0.1) is 0 Å². The van der Waals surface area contributed by atoms with Crippen LogP contribution >= 0.6 is 15.9 Å². The number of nitro groups is 1. The van der Waals surface area contributed by atoms with Gasteiger partial charge in [-0.25, -0.2) is 9.18 Å². The number of anilines is 1. The predicted molar refractivity (Wildman–Crippen MR) is 66.6 cm³/mol. The molecule has 0 heterocycles. The van der Waals surface area contributed by atoms with E-state index < -0.39 is 28.0 Å². The Bertz CT molecular complexity index is 533. The number of hydrogen-bond donors (Lipinski definition) is 2. The molecule has 0 spiro atoms. The van der Waals surface area contributed by atoms with Crippen molar-refractivity contribution in [1.82, 2.24) is 0 Å². The second-order valence-electron chi connectivity index (χ2n) is 3.28. The van der Waals surface area contributed by atoms with E-state index in [1.165, 1.54) is 0 Å². The maximum absolute atomic E-state index is 13.3. The molecule has 0 atom stereocenters. The molecule has 0 aliphatic heterocycles. The summed E-state index contributed by atoms with van der Waals surface area (Å²) in [7, 11) is 0. The molecular formula is C10H8BrFN2O4. The van der Waals surface area contributed by atoms with Gasteiger partial charge in [0.05, 0.1) is 16.6 Å². The summed E-state index contributed by atoms with van der Waals surface area (Å²) in [5, 5.41) is 22.0. The van der Waals surface area contributed by atoms with Crippen molar-refractivity contribution in [1.29, 1.82) is 0 Å². The van der Waals surface area contributed by atoms with Gasteiger partial charge >= 0.3 is 5.97 Å². The molecule has 6 nitrogen and oxygen atoms in total. The fourth-order valence-corrected chi connectivity index (χ4v) is 1.35. The lowest BCUT2D eigenvalue weighted by Gasteiger charge is -2.07. The minimum Gasteiger partial charge on any atom is -0.478 e. The molecule has 0 aliphatic carbocycles. The molecule has 18 heavy (non-hydrogen) atoms. The number of aromatic carboxylic acids is 1. The van der Waals surface area contributed by atoms with Crippen molar-refractivity contribution in [2.45, 2.75) is 0 Å². The molecule has 1 aromatic rings. The van der Waals surface area contributed by atoms with Crippen LogP contribution < -0.4 is 5.32 Å². The molecule has 0 saturated carbocycles. The Labute approximate surface area is 109 Å². The van der Waals surface area contributed by atoms with E-state index in [-0.39, 0.29) is 12.2 Å². The summed E-state index contributed by atoms with van der Waals surface area (Å²) in [5.74, 6) is -2.65. The second kappa shape index (κ2) is 5.58. The molecule has 0 aromatic heterocycles. The minimum absolute atomic E-state index is 0.0839. The summed E-state index contributed by atoms with van der Waals surface area (Å²) in [6, 6.07) is 1.45. The normalized spacial score (nSPS) is 9.89. The van der Waals surface area contributed by atoms with Crippen LogP contribution in [0.15, 0.2) is 23.2 Å². The number of carbonyl (C=O) groups is 1. The van der Waals surface area contributed by atoms with Crippen molar-refractivity contribution < 1.29 is 19.2 Å². The Kier molecular flexibility index (Phi) is 4.38. The number of nitrogens with zero attached hydrogens (tertiary/aromatic N) is 1. The smallest absolute Gasteiger partial charge is 0.338 e. The van der Waals surface area contributed by atoms with Crippen LogP contribution in [0, 0.1) is 15.9 Å². The monoisotopic (exact) mass is 318 g/mol. The SMILES string of the molecule is C=C(Br)CNc1cc(C(=O)O)c(F)cc1[N+](=O)[O-]. The van der Waals surface area contributed by atoms with E-state index in [9.17, 15) is 19.3 Å². The van der Waals surface area contributed by atoms with Crippen molar-refractivity contribution in [2.24, 2.45) is 0 Å². The van der Waals surface area contributed by atoms with Crippen molar-refractivity contribution >= 4 is 33.3 Å². The van der Waals surface area contributed by atoms with Crippen molar-refractivity contribution in [3.8, 4) is 0 Å². The molecule has 0 radical (unpaired) electrons. The van der Waals surface area contributed by atoms with E-state index in [4.69, 9.17) is 5.11 Å². The Morgan fingerprint density at radius 1 is 1.61 bits per heavy atom. The summed E-state index contributed by atoms with van der Waals surface area (Å²) < 4.78 is 13.8. The number of nitro benzene ring substituents is 1. The summed E-state index contributed by atoms with van der Waals surface area (Å²) in [6.07, 6.45) is 0. The quantitative estimate of drug-likeness (QED) is 0.643. The number of carboxylic acid groups (broad SMARTS) is 1. The van der Waals surface area contributed by atoms with E-state index >= 15 is 0 Å². The van der Waals surface area contributed by atoms with Crippen LogP contribution in [0.3, 0.4) is 0 Å². The van der Waals surface area contributed by atoms with Crippen LogP contribution in [0.25, 0.3) is 0 Å². The lowest BCUT2D eigenvalue weighted by atomic mass is 10.1. The highest BCUT2D eigenvalue weighted by atomic mass is 79.9. The van der Waals surface area contributed by atoms with Gasteiger partial charge in [-0.1, -0.05) is 22.5 Å². The van der Waals surface area contributed by atoms with Crippen molar-refractivity contribution in [3.05, 3.63) is 44.7 Å². The summed E-state index contributed by atoms with van der Waals surface area (Å²) >= 11 is 3.04. The summed E-state index contributed by atoms with van der Waals surface area (Å²) in [5.41, 5.74) is -1.26.